The molecule has 0 aromatic heterocycles. The minimum atomic E-state index is -0.951. The van der Waals surface area contributed by atoms with E-state index in [0.29, 0.717) is 0 Å². The summed E-state index contributed by atoms with van der Waals surface area (Å²) in [7, 11) is 0. The van der Waals surface area contributed by atoms with Crippen molar-refractivity contribution in [2.45, 2.75) is 27.7 Å². The summed E-state index contributed by atoms with van der Waals surface area (Å²) in [5, 5.41) is 0. The molecule has 0 unspecified atom stereocenters. The van der Waals surface area contributed by atoms with Crippen molar-refractivity contribution >= 4 is 17.5 Å². The highest BCUT2D eigenvalue weighted by Gasteiger charge is 2.33. The van der Waals surface area contributed by atoms with Crippen LogP contribution in [0.1, 0.15) is 27.7 Å². The number of rotatable bonds is 5. The SMILES string of the molecule is CCOC(=O)[C@@H](C(C)=O)[C@H](C)C(C)=O. The Kier molecular flexibility index (Phi) is 5.05. The third-order valence-corrected chi connectivity index (χ3v) is 2.12. The molecule has 0 spiro atoms. The molecule has 0 fully saturated rings. The van der Waals surface area contributed by atoms with E-state index in [1.54, 1.807) is 13.8 Å². The Morgan fingerprint density at radius 3 is 1.93 bits per heavy atom. The highest BCUT2D eigenvalue weighted by molar-refractivity contribution is 6.02. The molecule has 14 heavy (non-hydrogen) atoms. The first-order valence-corrected chi connectivity index (χ1v) is 4.59. The van der Waals surface area contributed by atoms with Gasteiger partial charge in [-0.3, -0.25) is 14.4 Å². The zero-order chi connectivity index (χ0) is 11.3. The van der Waals surface area contributed by atoms with Gasteiger partial charge in [-0.1, -0.05) is 6.92 Å². The third kappa shape index (κ3) is 3.28. The van der Waals surface area contributed by atoms with Crippen LogP contribution >= 0.6 is 0 Å². The van der Waals surface area contributed by atoms with Gasteiger partial charge in [0.25, 0.3) is 0 Å². The van der Waals surface area contributed by atoms with Gasteiger partial charge in [0, 0.05) is 5.92 Å². The summed E-state index contributed by atoms with van der Waals surface area (Å²) in [4.78, 5) is 33.5. The van der Waals surface area contributed by atoms with Crippen LogP contribution in [-0.4, -0.2) is 24.1 Å². The summed E-state index contributed by atoms with van der Waals surface area (Å²) in [5.74, 6) is -2.67. The van der Waals surface area contributed by atoms with E-state index in [-0.39, 0.29) is 18.2 Å². The molecule has 0 N–H and O–H groups in total. The van der Waals surface area contributed by atoms with Crippen LogP contribution in [0, 0.1) is 11.8 Å². The minimum absolute atomic E-state index is 0.182. The molecule has 0 aliphatic carbocycles. The normalized spacial score (nSPS) is 14.3. The van der Waals surface area contributed by atoms with Crippen molar-refractivity contribution in [2.24, 2.45) is 11.8 Å². The molecule has 4 heteroatoms. The van der Waals surface area contributed by atoms with Gasteiger partial charge in [-0.15, -0.1) is 0 Å². The largest absolute Gasteiger partial charge is 0.465 e. The fraction of sp³-hybridized carbons (Fsp3) is 0.700. The summed E-state index contributed by atoms with van der Waals surface area (Å²) in [6, 6.07) is 0. The number of carbonyl (C=O) groups excluding carboxylic acids is 3. The van der Waals surface area contributed by atoms with E-state index >= 15 is 0 Å². The van der Waals surface area contributed by atoms with Gasteiger partial charge in [0.05, 0.1) is 6.61 Å². The predicted molar refractivity (Wildman–Crippen MR) is 50.6 cm³/mol. The lowest BCUT2D eigenvalue weighted by Gasteiger charge is -2.17. The summed E-state index contributed by atoms with van der Waals surface area (Å²) >= 11 is 0. The molecule has 0 rings (SSSR count). The molecule has 0 heterocycles. The molecule has 4 nitrogen and oxygen atoms in total. The molecule has 0 radical (unpaired) electrons. The molecule has 0 aliphatic heterocycles. The molecule has 80 valence electrons. The lowest BCUT2D eigenvalue weighted by molar-refractivity contribution is -0.155. The quantitative estimate of drug-likeness (QED) is 0.490. The van der Waals surface area contributed by atoms with Crippen molar-refractivity contribution in [3.63, 3.8) is 0 Å². The summed E-state index contributed by atoms with van der Waals surface area (Å²) in [6.07, 6.45) is 0. The number of ketones is 2. The maximum atomic E-state index is 11.3. The maximum absolute atomic E-state index is 11.3. The van der Waals surface area contributed by atoms with Crippen LogP contribution in [0.5, 0.6) is 0 Å². The molecule has 0 aromatic carbocycles. The standard InChI is InChI=1S/C10H16O4/c1-5-14-10(13)9(8(4)12)6(2)7(3)11/h6,9H,5H2,1-4H3/t6-,9-/m1/s1. The summed E-state index contributed by atoms with van der Waals surface area (Å²) < 4.78 is 4.72. The van der Waals surface area contributed by atoms with E-state index in [4.69, 9.17) is 4.74 Å². The van der Waals surface area contributed by atoms with Gasteiger partial charge in [0.15, 0.2) is 0 Å². The van der Waals surface area contributed by atoms with E-state index in [2.05, 4.69) is 0 Å². The molecule has 0 saturated carbocycles. The molecule has 0 amide bonds. The summed E-state index contributed by atoms with van der Waals surface area (Å²) in [6.45, 7) is 6.09. The van der Waals surface area contributed by atoms with Crippen LogP contribution in [0.3, 0.4) is 0 Å². The van der Waals surface area contributed by atoms with Gasteiger partial charge < -0.3 is 4.74 Å². The van der Waals surface area contributed by atoms with E-state index in [9.17, 15) is 14.4 Å². The molecule has 0 aromatic rings. The van der Waals surface area contributed by atoms with Crippen molar-refractivity contribution < 1.29 is 19.1 Å². The number of hydrogen-bond acceptors (Lipinski definition) is 4. The van der Waals surface area contributed by atoms with Gasteiger partial charge in [-0.05, 0) is 20.8 Å². The van der Waals surface area contributed by atoms with Gasteiger partial charge in [-0.25, -0.2) is 0 Å². The highest BCUT2D eigenvalue weighted by Crippen LogP contribution is 2.15. The fourth-order valence-electron chi connectivity index (χ4n) is 1.19. The minimum Gasteiger partial charge on any atom is -0.465 e. The van der Waals surface area contributed by atoms with E-state index < -0.39 is 17.8 Å². The Hall–Kier alpha value is -1.19. The monoisotopic (exact) mass is 200 g/mol. The Morgan fingerprint density at radius 1 is 1.14 bits per heavy atom. The van der Waals surface area contributed by atoms with Gasteiger partial charge in [-0.2, -0.15) is 0 Å². The smallest absolute Gasteiger partial charge is 0.317 e. The van der Waals surface area contributed by atoms with Crippen molar-refractivity contribution in [1.82, 2.24) is 0 Å². The first kappa shape index (κ1) is 12.8. The van der Waals surface area contributed by atoms with Crippen LogP contribution in [-0.2, 0) is 19.1 Å². The number of esters is 1. The van der Waals surface area contributed by atoms with Crippen LogP contribution < -0.4 is 0 Å². The topological polar surface area (TPSA) is 60.4 Å². The van der Waals surface area contributed by atoms with Gasteiger partial charge >= 0.3 is 5.97 Å². The number of ether oxygens (including phenoxy) is 1. The van der Waals surface area contributed by atoms with Crippen LogP contribution in [0.25, 0.3) is 0 Å². The lowest BCUT2D eigenvalue weighted by atomic mass is 9.88. The van der Waals surface area contributed by atoms with Crippen LogP contribution in [0.4, 0.5) is 0 Å². The Balaban J connectivity index is 4.68. The molecule has 0 bridgehead atoms. The third-order valence-electron chi connectivity index (χ3n) is 2.12. The van der Waals surface area contributed by atoms with Crippen molar-refractivity contribution in [2.75, 3.05) is 6.61 Å². The Bertz CT molecular complexity index is 245. The number of Topliss-reactive ketones (excluding diaryl/α,β-unsaturated/α-hetero) is 2. The maximum Gasteiger partial charge on any atom is 0.317 e. The number of carbonyl (C=O) groups is 3. The molecule has 2 atom stereocenters. The van der Waals surface area contributed by atoms with Crippen LogP contribution in [0.2, 0.25) is 0 Å². The molecular formula is C10H16O4. The summed E-state index contributed by atoms with van der Waals surface area (Å²) in [5.41, 5.74) is 0. The second-order valence-corrected chi connectivity index (χ2v) is 3.24. The van der Waals surface area contributed by atoms with Gasteiger partial charge in [0.2, 0.25) is 0 Å². The Labute approximate surface area is 83.6 Å². The molecule has 0 aliphatic rings. The van der Waals surface area contributed by atoms with Crippen molar-refractivity contribution in [1.29, 1.82) is 0 Å². The second kappa shape index (κ2) is 5.52. The zero-order valence-corrected chi connectivity index (χ0v) is 8.99. The van der Waals surface area contributed by atoms with E-state index in [1.165, 1.54) is 13.8 Å². The molecule has 0 saturated heterocycles. The van der Waals surface area contributed by atoms with Crippen molar-refractivity contribution in [3.05, 3.63) is 0 Å². The lowest BCUT2D eigenvalue weighted by Crippen LogP contribution is -2.33. The Morgan fingerprint density at radius 2 is 1.64 bits per heavy atom. The first-order valence-electron chi connectivity index (χ1n) is 4.59. The van der Waals surface area contributed by atoms with E-state index in [0.717, 1.165) is 0 Å². The average Bonchev–Trinajstić information content (AvgIpc) is 2.03. The highest BCUT2D eigenvalue weighted by atomic mass is 16.5. The number of hydrogen-bond donors (Lipinski definition) is 0. The second-order valence-electron chi connectivity index (χ2n) is 3.24. The zero-order valence-electron chi connectivity index (χ0n) is 8.99. The fourth-order valence-corrected chi connectivity index (χ4v) is 1.19. The average molecular weight is 200 g/mol. The predicted octanol–water partition coefficient (Wildman–Crippen LogP) is 0.980. The van der Waals surface area contributed by atoms with Crippen LogP contribution in [0.15, 0.2) is 0 Å². The van der Waals surface area contributed by atoms with Gasteiger partial charge in [0.1, 0.15) is 17.5 Å². The van der Waals surface area contributed by atoms with E-state index in [1.807, 2.05) is 0 Å². The van der Waals surface area contributed by atoms with Crippen molar-refractivity contribution in [3.8, 4) is 0 Å². The molecular weight excluding hydrogens is 184 g/mol. The first-order chi connectivity index (χ1) is 6.41.